The van der Waals surface area contributed by atoms with Crippen LogP contribution < -0.4 is 10.6 Å². The second-order valence-electron chi connectivity index (χ2n) is 10.2. The van der Waals surface area contributed by atoms with Crippen molar-refractivity contribution in [2.45, 2.75) is 62.4 Å². The molecule has 43 heavy (non-hydrogen) atoms. The van der Waals surface area contributed by atoms with Crippen LogP contribution in [0.5, 0.6) is 0 Å². The molecule has 228 valence electrons. The Morgan fingerprint density at radius 2 is 1.00 bits per heavy atom. The number of fused-ring (bicyclic) bond motifs is 2. The van der Waals surface area contributed by atoms with Gasteiger partial charge in [0.15, 0.2) is 11.1 Å². The lowest BCUT2D eigenvalue weighted by molar-refractivity contribution is -0.147. The molecule has 2 unspecified atom stereocenters. The molecule has 0 saturated carbocycles. The van der Waals surface area contributed by atoms with Gasteiger partial charge in [0.2, 0.25) is 0 Å². The molecule has 0 radical (unpaired) electrons. The van der Waals surface area contributed by atoms with Crippen LogP contribution in [0.25, 0.3) is 11.1 Å². The minimum Gasteiger partial charge on any atom is -0.464 e. The number of carbonyl (C=O) groups excluding carboxylic acids is 4. The number of hydrogen-bond donors (Lipinski definition) is 2. The van der Waals surface area contributed by atoms with E-state index in [1.807, 2.05) is 24.3 Å². The lowest BCUT2D eigenvalue weighted by Gasteiger charge is -2.33. The van der Waals surface area contributed by atoms with Crippen LogP contribution in [0, 0.1) is 0 Å². The van der Waals surface area contributed by atoms with Crippen molar-refractivity contribution in [2.24, 2.45) is 0 Å². The summed E-state index contributed by atoms with van der Waals surface area (Å²) in [5.41, 5.74) is 0.363. The van der Waals surface area contributed by atoms with E-state index in [1.165, 1.54) is 11.8 Å². The average Bonchev–Trinajstić information content (AvgIpc) is 2.97. The van der Waals surface area contributed by atoms with Crippen LogP contribution in [0.1, 0.15) is 52.7 Å². The molecule has 2 aliphatic rings. The maximum atomic E-state index is 13.0. The summed E-state index contributed by atoms with van der Waals surface area (Å²) in [5, 5.41) is 6.40. The molecular formula is C32H36N2O8S. The molecule has 2 aromatic rings. The highest BCUT2D eigenvalue weighted by atomic mass is 32.2. The first-order chi connectivity index (χ1) is 20.5. The third-order valence-corrected chi connectivity index (χ3v) is 7.82. The van der Waals surface area contributed by atoms with E-state index in [2.05, 4.69) is 10.6 Å². The highest BCUT2D eigenvalue weighted by Gasteiger charge is 2.40. The van der Waals surface area contributed by atoms with Crippen molar-refractivity contribution in [3.05, 3.63) is 59.7 Å². The van der Waals surface area contributed by atoms with Crippen LogP contribution in [0.4, 0.5) is 11.4 Å². The summed E-state index contributed by atoms with van der Waals surface area (Å²) in [4.78, 5) is 53.1. The third-order valence-electron chi connectivity index (χ3n) is 6.84. The van der Waals surface area contributed by atoms with Crippen molar-refractivity contribution >= 4 is 58.2 Å². The van der Waals surface area contributed by atoms with Crippen LogP contribution in [0.15, 0.2) is 58.3 Å². The van der Waals surface area contributed by atoms with E-state index in [0.29, 0.717) is 22.5 Å². The number of esters is 4. The van der Waals surface area contributed by atoms with Crippen molar-refractivity contribution < 1.29 is 38.1 Å². The maximum Gasteiger partial charge on any atom is 0.338 e. The molecule has 2 aromatic carbocycles. The minimum absolute atomic E-state index is 0.179. The Morgan fingerprint density at radius 1 is 0.628 bits per heavy atom. The van der Waals surface area contributed by atoms with E-state index < -0.39 is 35.0 Å². The second kappa shape index (κ2) is 12.9. The SMILES string of the molecule is CCOC(=O)C1=CC(C)(C(=O)OCC)Nc2ccc(Sc3ccc4c(c3)C(C(=O)OCC)=CC(C)(C(=O)OCC)N4)cc21. The van der Waals surface area contributed by atoms with Gasteiger partial charge in [0.25, 0.3) is 0 Å². The first kappa shape index (κ1) is 31.7. The van der Waals surface area contributed by atoms with Crippen LogP contribution in [-0.4, -0.2) is 61.4 Å². The van der Waals surface area contributed by atoms with Gasteiger partial charge in [-0.15, -0.1) is 0 Å². The maximum absolute atomic E-state index is 13.0. The summed E-state index contributed by atoms with van der Waals surface area (Å²) in [7, 11) is 0. The normalized spacial score (nSPS) is 20.1. The molecular weight excluding hydrogens is 572 g/mol. The number of carbonyl (C=O) groups is 4. The van der Waals surface area contributed by atoms with Crippen molar-refractivity contribution in [2.75, 3.05) is 37.1 Å². The number of rotatable bonds is 10. The van der Waals surface area contributed by atoms with Crippen molar-refractivity contribution in [3.8, 4) is 0 Å². The largest absolute Gasteiger partial charge is 0.464 e. The van der Waals surface area contributed by atoms with Gasteiger partial charge in [-0.25, -0.2) is 19.2 Å². The van der Waals surface area contributed by atoms with E-state index in [1.54, 1.807) is 65.8 Å². The quantitative estimate of drug-likeness (QED) is 0.272. The zero-order valence-corrected chi connectivity index (χ0v) is 25.9. The molecule has 2 atom stereocenters. The summed E-state index contributed by atoms with van der Waals surface area (Å²) in [5.74, 6) is -2.10. The molecule has 4 rings (SSSR count). The van der Waals surface area contributed by atoms with Crippen LogP contribution in [0.2, 0.25) is 0 Å². The van der Waals surface area contributed by atoms with E-state index in [-0.39, 0.29) is 37.6 Å². The predicted octanol–water partition coefficient (Wildman–Crippen LogP) is 5.23. The summed E-state index contributed by atoms with van der Waals surface area (Å²) in [6, 6.07) is 11.0. The zero-order chi connectivity index (χ0) is 31.4. The topological polar surface area (TPSA) is 129 Å². The van der Waals surface area contributed by atoms with Gasteiger partial charge in [0.05, 0.1) is 37.6 Å². The van der Waals surface area contributed by atoms with Crippen molar-refractivity contribution in [1.29, 1.82) is 0 Å². The number of ether oxygens (including phenoxy) is 4. The van der Waals surface area contributed by atoms with E-state index in [0.717, 1.165) is 9.79 Å². The Hall–Kier alpha value is -4.25. The monoisotopic (exact) mass is 608 g/mol. The highest BCUT2D eigenvalue weighted by molar-refractivity contribution is 7.99. The highest BCUT2D eigenvalue weighted by Crippen LogP contribution is 2.42. The Morgan fingerprint density at radius 3 is 1.35 bits per heavy atom. The van der Waals surface area contributed by atoms with Crippen molar-refractivity contribution in [1.82, 2.24) is 0 Å². The molecule has 2 aliphatic heterocycles. The fourth-order valence-corrected chi connectivity index (χ4v) is 5.77. The molecule has 10 nitrogen and oxygen atoms in total. The summed E-state index contributed by atoms with van der Waals surface area (Å²) in [6.45, 7) is 10.9. The lowest BCUT2D eigenvalue weighted by atomic mass is 9.89. The molecule has 0 fully saturated rings. The zero-order valence-electron chi connectivity index (χ0n) is 25.1. The third kappa shape index (κ3) is 6.56. The molecule has 0 spiro atoms. The van der Waals surface area contributed by atoms with Crippen molar-refractivity contribution in [3.63, 3.8) is 0 Å². The molecule has 0 saturated heterocycles. The number of benzene rings is 2. The smallest absolute Gasteiger partial charge is 0.338 e. The summed E-state index contributed by atoms with van der Waals surface area (Å²) < 4.78 is 21.1. The van der Waals surface area contributed by atoms with Gasteiger partial charge in [0.1, 0.15) is 0 Å². The predicted molar refractivity (Wildman–Crippen MR) is 164 cm³/mol. The van der Waals surface area contributed by atoms with Gasteiger partial charge < -0.3 is 29.6 Å². The Labute approximate surface area is 255 Å². The van der Waals surface area contributed by atoms with Crippen LogP contribution in [-0.2, 0) is 38.1 Å². The molecule has 11 heteroatoms. The van der Waals surface area contributed by atoms with Gasteiger partial charge >= 0.3 is 23.9 Å². The van der Waals surface area contributed by atoms with Gasteiger partial charge in [-0.2, -0.15) is 0 Å². The second-order valence-corrected chi connectivity index (χ2v) is 11.3. The average molecular weight is 609 g/mol. The molecule has 2 N–H and O–H groups in total. The minimum atomic E-state index is -1.25. The van der Waals surface area contributed by atoms with Gasteiger partial charge in [-0.3, -0.25) is 0 Å². The van der Waals surface area contributed by atoms with Crippen LogP contribution >= 0.6 is 11.8 Å². The van der Waals surface area contributed by atoms with Gasteiger partial charge in [0, 0.05) is 32.3 Å². The number of anilines is 2. The summed E-state index contributed by atoms with van der Waals surface area (Å²) >= 11 is 1.42. The fraction of sp³-hybridized carbons (Fsp3) is 0.375. The van der Waals surface area contributed by atoms with E-state index >= 15 is 0 Å². The molecule has 0 aromatic heterocycles. The Kier molecular flexibility index (Phi) is 9.54. The lowest BCUT2D eigenvalue weighted by Crippen LogP contribution is -2.45. The van der Waals surface area contributed by atoms with E-state index in [4.69, 9.17) is 18.9 Å². The molecule has 0 bridgehead atoms. The number of nitrogens with one attached hydrogen (secondary N) is 2. The van der Waals surface area contributed by atoms with Gasteiger partial charge in [-0.1, -0.05) is 11.8 Å². The number of hydrogen-bond acceptors (Lipinski definition) is 11. The fourth-order valence-electron chi connectivity index (χ4n) is 4.88. The standard InChI is InChI=1S/C32H36N2O8S/c1-7-39-27(35)23-17-31(5,29(37)41-9-3)33-25-13-11-19(15-21(23)25)43-20-12-14-26-22(16-20)24(28(36)40-8-2)18-32(6,34-26)30(38)42-10-4/h11-18,33-34H,7-10H2,1-6H3. The molecule has 0 amide bonds. The Balaban J connectivity index is 1.70. The first-order valence-corrected chi connectivity index (χ1v) is 15.0. The van der Waals surface area contributed by atoms with Gasteiger partial charge in [-0.05, 0) is 90.1 Å². The van der Waals surface area contributed by atoms with Crippen LogP contribution in [0.3, 0.4) is 0 Å². The summed E-state index contributed by atoms with van der Waals surface area (Å²) in [6.07, 6.45) is 3.09. The molecule has 2 heterocycles. The van der Waals surface area contributed by atoms with E-state index in [9.17, 15) is 19.2 Å². The Bertz CT molecular complexity index is 1410. The molecule has 0 aliphatic carbocycles. The first-order valence-electron chi connectivity index (χ1n) is 14.2.